The summed E-state index contributed by atoms with van der Waals surface area (Å²) in [7, 11) is 0. The molecule has 0 atom stereocenters. The molecule has 0 aliphatic rings. The zero-order valence-electron chi connectivity index (χ0n) is 10.7. The number of anilines is 1. The van der Waals surface area contributed by atoms with E-state index in [1.807, 2.05) is 13.8 Å². The maximum atomic E-state index is 12.9. The Morgan fingerprint density at radius 3 is 2.63 bits per heavy atom. The lowest BCUT2D eigenvalue weighted by molar-refractivity contribution is -0.116. The van der Waals surface area contributed by atoms with E-state index in [1.54, 1.807) is 12.1 Å². The Kier molecular flexibility index (Phi) is 3.89. The molecule has 1 aromatic heterocycles. The first-order valence-electron chi connectivity index (χ1n) is 5.94. The smallest absolute Gasteiger partial charge is 0.225 e. The quantitative estimate of drug-likeness (QED) is 0.920. The van der Waals surface area contributed by atoms with E-state index in [9.17, 15) is 9.18 Å². The van der Waals surface area contributed by atoms with Gasteiger partial charge in [0.05, 0.1) is 0 Å². The zero-order chi connectivity index (χ0) is 13.8. The maximum absolute atomic E-state index is 12.9. The van der Waals surface area contributed by atoms with Crippen LogP contribution in [0.1, 0.15) is 20.3 Å². The van der Waals surface area contributed by atoms with Crippen molar-refractivity contribution < 1.29 is 13.8 Å². The van der Waals surface area contributed by atoms with Crippen molar-refractivity contribution in [3.05, 3.63) is 30.1 Å². The summed E-state index contributed by atoms with van der Waals surface area (Å²) in [6, 6.07) is 5.72. The number of nitrogens with one attached hydrogen (secondary N) is 1. The second-order valence-corrected chi connectivity index (χ2v) is 4.61. The van der Waals surface area contributed by atoms with Crippen LogP contribution in [0.25, 0.3) is 11.3 Å². The zero-order valence-corrected chi connectivity index (χ0v) is 10.7. The highest BCUT2D eigenvalue weighted by molar-refractivity contribution is 5.93. The lowest BCUT2D eigenvalue weighted by Gasteiger charge is -2.05. The van der Waals surface area contributed by atoms with Gasteiger partial charge in [-0.2, -0.15) is 0 Å². The molecule has 1 amide bonds. The summed E-state index contributed by atoms with van der Waals surface area (Å²) in [5, 5.41) is 10.0. The Morgan fingerprint density at radius 2 is 2.00 bits per heavy atom. The molecular weight excluding hydrogens is 249 g/mol. The topological polar surface area (TPSA) is 68.0 Å². The van der Waals surface area contributed by atoms with E-state index < -0.39 is 0 Å². The van der Waals surface area contributed by atoms with Crippen LogP contribution in [0.3, 0.4) is 0 Å². The predicted molar refractivity (Wildman–Crippen MR) is 67.8 cm³/mol. The molecule has 2 rings (SSSR count). The first kappa shape index (κ1) is 13.2. The first-order chi connectivity index (χ1) is 9.06. The van der Waals surface area contributed by atoms with Crippen LogP contribution in [-0.4, -0.2) is 16.2 Å². The molecule has 0 aliphatic carbocycles. The Morgan fingerprint density at radius 1 is 1.32 bits per heavy atom. The molecule has 2 aromatic rings. The van der Waals surface area contributed by atoms with Crippen molar-refractivity contribution in [3.63, 3.8) is 0 Å². The number of benzene rings is 1. The predicted octanol–water partition coefficient (Wildman–Crippen LogP) is 2.86. The van der Waals surface area contributed by atoms with E-state index in [4.69, 9.17) is 0 Å². The van der Waals surface area contributed by atoms with Gasteiger partial charge in [0.25, 0.3) is 0 Å². The Hall–Kier alpha value is -2.24. The summed E-state index contributed by atoms with van der Waals surface area (Å²) in [6.07, 6.45) is 0.385. The van der Waals surface area contributed by atoms with Crippen molar-refractivity contribution in [3.8, 4) is 11.3 Å². The highest BCUT2D eigenvalue weighted by Gasteiger charge is 2.15. The van der Waals surface area contributed by atoms with Crippen molar-refractivity contribution in [1.82, 2.24) is 10.3 Å². The molecule has 0 saturated heterocycles. The highest BCUT2D eigenvalue weighted by atomic mass is 19.1. The second kappa shape index (κ2) is 5.60. The largest absolute Gasteiger partial charge is 0.306 e. The van der Waals surface area contributed by atoms with Crippen LogP contribution in [0.5, 0.6) is 0 Å². The van der Waals surface area contributed by atoms with Crippen LogP contribution in [0, 0.1) is 11.7 Å². The fourth-order valence-corrected chi connectivity index (χ4v) is 1.62. The van der Waals surface area contributed by atoms with Gasteiger partial charge in [-0.3, -0.25) is 4.79 Å². The van der Waals surface area contributed by atoms with Crippen LogP contribution in [0.4, 0.5) is 10.2 Å². The molecule has 0 unspecified atom stereocenters. The molecule has 1 heterocycles. The van der Waals surface area contributed by atoms with Gasteiger partial charge in [0.2, 0.25) is 11.7 Å². The van der Waals surface area contributed by atoms with Gasteiger partial charge in [-0.1, -0.05) is 13.8 Å². The highest BCUT2D eigenvalue weighted by Crippen LogP contribution is 2.24. The molecule has 0 fully saturated rings. The van der Waals surface area contributed by atoms with Gasteiger partial charge >= 0.3 is 0 Å². The molecule has 19 heavy (non-hydrogen) atoms. The van der Waals surface area contributed by atoms with E-state index in [0.29, 0.717) is 17.7 Å². The van der Waals surface area contributed by atoms with Gasteiger partial charge in [-0.15, -0.1) is 0 Å². The van der Waals surface area contributed by atoms with Crippen molar-refractivity contribution in [2.45, 2.75) is 20.3 Å². The van der Waals surface area contributed by atoms with Crippen LogP contribution >= 0.6 is 0 Å². The van der Waals surface area contributed by atoms with Crippen molar-refractivity contribution in [1.29, 1.82) is 0 Å². The number of amides is 1. The fraction of sp³-hybridized carbons (Fsp3) is 0.308. The average molecular weight is 263 g/mol. The Labute approximate surface area is 109 Å². The van der Waals surface area contributed by atoms with Gasteiger partial charge in [0.15, 0.2) is 5.69 Å². The van der Waals surface area contributed by atoms with Crippen molar-refractivity contribution in [2.75, 3.05) is 5.32 Å². The van der Waals surface area contributed by atoms with E-state index in [0.717, 1.165) is 0 Å². The van der Waals surface area contributed by atoms with Crippen molar-refractivity contribution in [2.24, 2.45) is 5.92 Å². The Balaban J connectivity index is 2.18. The minimum Gasteiger partial charge on any atom is -0.306 e. The lowest BCUT2D eigenvalue weighted by atomic mass is 10.1. The van der Waals surface area contributed by atoms with E-state index in [1.165, 1.54) is 12.1 Å². The molecule has 1 aromatic carbocycles. The van der Waals surface area contributed by atoms with Gasteiger partial charge < -0.3 is 5.32 Å². The van der Waals surface area contributed by atoms with Gasteiger partial charge in [0.1, 0.15) is 5.82 Å². The first-order valence-corrected chi connectivity index (χ1v) is 5.94. The minimum atomic E-state index is -0.342. The van der Waals surface area contributed by atoms with Crippen LogP contribution in [0.15, 0.2) is 28.9 Å². The third-order valence-electron chi connectivity index (χ3n) is 2.46. The monoisotopic (exact) mass is 263 g/mol. The number of hydrogen-bond donors (Lipinski definition) is 1. The number of aromatic nitrogens is 2. The number of rotatable bonds is 4. The summed E-state index contributed by atoms with van der Waals surface area (Å²) in [5.41, 5.74) is 1.01. The van der Waals surface area contributed by atoms with Crippen molar-refractivity contribution >= 4 is 11.7 Å². The maximum Gasteiger partial charge on any atom is 0.225 e. The molecule has 0 saturated carbocycles. The molecule has 100 valence electrons. The molecule has 5 nitrogen and oxygen atoms in total. The number of hydrogen-bond acceptors (Lipinski definition) is 4. The fourth-order valence-electron chi connectivity index (χ4n) is 1.62. The van der Waals surface area contributed by atoms with Gasteiger partial charge in [-0.05, 0) is 40.5 Å². The third kappa shape index (κ3) is 3.37. The average Bonchev–Trinajstić information content (AvgIpc) is 2.77. The number of halogens is 1. The molecule has 0 spiro atoms. The molecule has 0 aliphatic heterocycles. The summed E-state index contributed by atoms with van der Waals surface area (Å²) in [5.74, 6) is -0.00829. The molecule has 0 radical (unpaired) electrons. The summed E-state index contributed by atoms with van der Waals surface area (Å²) < 4.78 is 17.5. The summed E-state index contributed by atoms with van der Waals surface area (Å²) >= 11 is 0. The number of nitrogens with zero attached hydrogens (tertiary/aromatic N) is 2. The summed E-state index contributed by atoms with van der Waals surface area (Å²) in [6.45, 7) is 3.89. The lowest BCUT2D eigenvalue weighted by Crippen LogP contribution is -2.14. The summed E-state index contributed by atoms with van der Waals surface area (Å²) in [4.78, 5) is 11.7. The molecular formula is C13H14FN3O2. The molecule has 6 heteroatoms. The third-order valence-corrected chi connectivity index (χ3v) is 2.46. The SMILES string of the molecule is CC(C)CC(=O)Nc1nonc1-c1ccc(F)cc1. The molecule has 1 N–H and O–H groups in total. The van der Waals surface area contributed by atoms with E-state index >= 15 is 0 Å². The van der Waals surface area contributed by atoms with Gasteiger partial charge in [-0.25, -0.2) is 9.02 Å². The van der Waals surface area contributed by atoms with Crippen LogP contribution in [0.2, 0.25) is 0 Å². The normalized spacial score (nSPS) is 10.7. The minimum absolute atomic E-state index is 0.158. The number of carbonyl (C=O) groups is 1. The number of carbonyl (C=O) groups excluding carboxylic acids is 1. The Bertz CT molecular complexity index is 564. The van der Waals surface area contributed by atoms with Crippen LogP contribution < -0.4 is 5.32 Å². The second-order valence-electron chi connectivity index (χ2n) is 4.61. The van der Waals surface area contributed by atoms with Crippen LogP contribution in [-0.2, 0) is 4.79 Å². The van der Waals surface area contributed by atoms with E-state index in [2.05, 4.69) is 20.3 Å². The van der Waals surface area contributed by atoms with Gasteiger partial charge in [0, 0.05) is 12.0 Å². The molecule has 0 bridgehead atoms. The standard InChI is InChI=1S/C13H14FN3O2/c1-8(2)7-11(18)15-13-12(16-19-17-13)9-3-5-10(14)6-4-9/h3-6,8H,7H2,1-2H3,(H,15,17,18). The van der Waals surface area contributed by atoms with E-state index in [-0.39, 0.29) is 23.5 Å².